The fourth-order valence-corrected chi connectivity index (χ4v) is 5.92. The third-order valence-electron chi connectivity index (χ3n) is 7.75. The number of hydrogen-bond donors (Lipinski definition) is 1. The molecule has 0 saturated carbocycles. The highest BCUT2D eigenvalue weighted by Crippen LogP contribution is 2.58. The first-order valence-electron chi connectivity index (χ1n) is 12.4. The van der Waals surface area contributed by atoms with Gasteiger partial charge in [-0.1, -0.05) is 62.0 Å². The average molecular weight is 475 g/mol. The second kappa shape index (κ2) is 7.99. The summed E-state index contributed by atoms with van der Waals surface area (Å²) in [5, 5.41) is 3.75. The molecule has 2 atom stereocenters. The number of anilines is 1. The number of nitrogens with zero attached hydrogens (tertiary/aromatic N) is 1. The summed E-state index contributed by atoms with van der Waals surface area (Å²) in [7, 11) is 1.71. The van der Waals surface area contributed by atoms with Gasteiger partial charge in [0.1, 0.15) is 11.5 Å². The highest BCUT2D eigenvalue weighted by atomic mass is 16.5. The molecule has 1 N–H and O–H groups in total. The van der Waals surface area contributed by atoms with Crippen LogP contribution in [0.15, 0.2) is 97.2 Å². The predicted molar refractivity (Wildman–Crippen MR) is 145 cm³/mol. The zero-order chi connectivity index (χ0) is 25.1. The minimum absolute atomic E-state index is 0.0952. The van der Waals surface area contributed by atoms with Gasteiger partial charge in [0.2, 0.25) is 5.60 Å². The van der Waals surface area contributed by atoms with E-state index in [2.05, 4.69) is 75.1 Å². The fourth-order valence-electron chi connectivity index (χ4n) is 5.92. The van der Waals surface area contributed by atoms with Crippen LogP contribution >= 0.6 is 0 Å². The van der Waals surface area contributed by atoms with E-state index in [0.717, 1.165) is 50.7 Å². The molecule has 4 heteroatoms. The Balaban J connectivity index is 1.80. The number of nitrogens with one attached hydrogen (secondary N) is 1. The second-order valence-electron chi connectivity index (χ2n) is 10.1. The quantitative estimate of drug-likeness (QED) is 0.316. The zero-order valence-electron chi connectivity index (χ0n) is 21.1. The summed E-state index contributed by atoms with van der Waals surface area (Å²) < 4.78 is 13.0. The number of methoxy groups -OCH3 is 1. The molecular weight excluding hydrogens is 444 g/mol. The van der Waals surface area contributed by atoms with Gasteiger partial charge in [0.25, 0.3) is 0 Å². The molecular formula is C32H30N2O2. The molecule has 6 rings (SSSR count). The molecule has 180 valence electrons. The highest BCUT2D eigenvalue weighted by Gasteiger charge is 2.50. The van der Waals surface area contributed by atoms with Crippen molar-refractivity contribution in [2.75, 3.05) is 12.4 Å². The standard InChI is InChI=1S/C32H30N2O2/c1-20-21(2)31(3,4)34-24-18-17-23-29-25(35-5)14-11-15-26(29)36-32(30(23)28(20)24,22-12-7-6-8-13-22)27-16-9-10-19-33-27/h6-20,34H,2H2,1,3-5H3. The minimum Gasteiger partial charge on any atom is -0.496 e. The lowest BCUT2D eigenvalue weighted by molar-refractivity contribution is 0.145. The molecule has 0 amide bonds. The minimum atomic E-state index is -0.958. The first kappa shape index (κ1) is 22.4. The number of hydrogen-bond acceptors (Lipinski definition) is 4. The van der Waals surface area contributed by atoms with Crippen LogP contribution < -0.4 is 14.8 Å². The van der Waals surface area contributed by atoms with E-state index >= 15 is 0 Å². The van der Waals surface area contributed by atoms with Crippen molar-refractivity contribution in [2.24, 2.45) is 0 Å². The smallest absolute Gasteiger partial charge is 0.202 e. The topological polar surface area (TPSA) is 43.4 Å². The largest absolute Gasteiger partial charge is 0.496 e. The lowest BCUT2D eigenvalue weighted by Crippen LogP contribution is -2.44. The molecule has 0 saturated heterocycles. The van der Waals surface area contributed by atoms with E-state index in [1.165, 1.54) is 5.56 Å². The van der Waals surface area contributed by atoms with Gasteiger partial charge < -0.3 is 14.8 Å². The molecule has 3 aromatic carbocycles. The molecule has 2 unspecified atom stereocenters. The van der Waals surface area contributed by atoms with Gasteiger partial charge in [-0.05, 0) is 60.9 Å². The maximum Gasteiger partial charge on any atom is 0.202 e. The van der Waals surface area contributed by atoms with Crippen molar-refractivity contribution in [3.63, 3.8) is 0 Å². The molecule has 0 bridgehead atoms. The third kappa shape index (κ3) is 3.03. The number of ether oxygens (including phenoxy) is 2. The van der Waals surface area contributed by atoms with Crippen LogP contribution in [0, 0.1) is 0 Å². The van der Waals surface area contributed by atoms with Gasteiger partial charge in [0, 0.05) is 28.9 Å². The number of benzene rings is 3. The Morgan fingerprint density at radius 3 is 2.44 bits per heavy atom. The molecule has 0 radical (unpaired) electrons. The summed E-state index contributed by atoms with van der Waals surface area (Å²) in [6.45, 7) is 11.1. The average Bonchev–Trinajstić information content (AvgIpc) is 2.91. The van der Waals surface area contributed by atoms with E-state index < -0.39 is 5.60 Å². The van der Waals surface area contributed by atoms with Crippen LogP contribution in [0.3, 0.4) is 0 Å². The highest BCUT2D eigenvalue weighted by molar-refractivity contribution is 5.87. The van der Waals surface area contributed by atoms with Crippen LogP contribution in [0.2, 0.25) is 0 Å². The van der Waals surface area contributed by atoms with E-state index in [1.54, 1.807) is 7.11 Å². The monoisotopic (exact) mass is 474 g/mol. The van der Waals surface area contributed by atoms with Crippen LogP contribution in [0.5, 0.6) is 11.5 Å². The summed E-state index contributed by atoms with van der Waals surface area (Å²) in [6.07, 6.45) is 1.84. The SMILES string of the molecule is C=C1C(C)c2c(ccc3c2C(c2ccccc2)(c2ccccn2)Oc2cccc(OC)c2-3)NC1(C)C. The number of fused-ring (bicyclic) bond motifs is 5. The van der Waals surface area contributed by atoms with Crippen molar-refractivity contribution in [3.8, 4) is 22.6 Å². The Morgan fingerprint density at radius 1 is 0.944 bits per heavy atom. The molecule has 3 heterocycles. The zero-order valence-corrected chi connectivity index (χ0v) is 21.1. The lowest BCUT2D eigenvalue weighted by atomic mass is 9.68. The van der Waals surface area contributed by atoms with E-state index in [-0.39, 0.29) is 11.5 Å². The molecule has 2 aliphatic heterocycles. The first-order chi connectivity index (χ1) is 17.4. The number of aromatic nitrogens is 1. The van der Waals surface area contributed by atoms with Gasteiger partial charge in [0.15, 0.2) is 0 Å². The maximum atomic E-state index is 7.16. The molecule has 2 aliphatic rings. The summed E-state index contributed by atoms with van der Waals surface area (Å²) in [6, 6.07) is 26.8. The van der Waals surface area contributed by atoms with Gasteiger partial charge in [-0.25, -0.2) is 0 Å². The van der Waals surface area contributed by atoms with Crippen molar-refractivity contribution >= 4 is 5.69 Å². The fraction of sp³-hybridized carbons (Fsp3) is 0.219. The molecule has 0 spiro atoms. The van der Waals surface area contributed by atoms with Gasteiger partial charge in [-0.15, -0.1) is 0 Å². The molecule has 0 fully saturated rings. The Hall–Kier alpha value is -4.05. The van der Waals surface area contributed by atoms with Gasteiger partial charge in [-0.3, -0.25) is 4.98 Å². The number of rotatable bonds is 3. The maximum absolute atomic E-state index is 7.16. The summed E-state index contributed by atoms with van der Waals surface area (Å²) in [5.74, 6) is 1.65. The van der Waals surface area contributed by atoms with E-state index in [4.69, 9.17) is 14.5 Å². The van der Waals surface area contributed by atoms with Crippen LogP contribution in [0.4, 0.5) is 5.69 Å². The van der Waals surface area contributed by atoms with Crippen LogP contribution in [0.25, 0.3) is 11.1 Å². The van der Waals surface area contributed by atoms with Crippen molar-refractivity contribution in [3.05, 3.63) is 120 Å². The Bertz CT molecular complexity index is 1440. The third-order valence-corrected chi connectivity index (χ3v) is 7.75. The Morgan fingerprint density at radius 2 is 1.72 bits per heavy atom. The van der Waals surface area contributed by atoms with E-state index in [1.807, 2.05) is 42.6 Å². The van der Waals surface area contributed by atoms with Crippen molar-refractivity contribution in [2.45, 2.75) is 37.8 Å². The van der Waals surface area contributed by atoms with E-state index in [9.17, 15) is 0 Å². The van der Waals surface area contributed by atoms with Gasteiger partial charge in [0.05, 0.1) is 23.9 Å². The van der Waals surface area contributed by atoms with Gasteiger partial charge in [-0.2, -0.15) is 0 Å². The number of pyridine rings is 1. The molecule has 4 nitrogen and oxygen atoms in total. The second-order valence-corrected chi connectivity index (χ2v) is 10.1. The molecule has 1 aromatic heterocycles. The van der Waals surface area contributed by atoms with Crippen LogP contribution in [-0.2, 0) is 5.60 Å². The predicted octanol–water partition coefficient (Wildman–Crippen LogP) is 7.31. The van der Waals surface area contributed by atoms with E-state index in [0.29, 0.717) is 0 Å². The Kier molecular flexibility index (Phi) is 4.97. The molecule has 4 aromatic rings. The molecule has 36 heavy (non-hydrogen) atoms. The van der Waals surface area contributed by atoms with Crippen LogP contribution in [0.1, 0.15) is 49.1 Å². The summed E-state index contributed by atoms with van der Waals surface area (Å²) in [4.78, 5) is 4.89. The van der Waals surface area contributed by atoms with Crippen molar-refractivity contribution in [1.29, 1.82) is 0 Å². The first-order valence-corrected chi connectivity index (χ1v) is 12.4. The van der Waals surface area contributed by atoms with Crippen molar-refractivity contribution < 1.29 is 9.47 Å². The lowest BCUT2D eigenvalue weighted by Gasteiger charge is -2.47. The van der Waals surface area contributed by atoms with Crippen molar-refractivity contribution in [1.82, 2.24) is 4.98 Å². The summed E-state index contributed by atoms with van der Waals surface area (Å²) in [5.41, 5.74) is 7.21. The Labute approximate surface area is 212 Å². The van der Waals surface area contributed by atoms with Gasteiger partial charge >= 0.3 is 0 Å². The van der Waals surface area contributed by atoms with Crippen LogP contribution in [-0.4, -0.2) is 17.6 Å². The molecule has 0 aliphatic carbocycles. The normalized spacial score (nSPS) is 21.3. The summed E-state index contributed by atoms with van der Waals surface area (Å²) >= 11 is 0.